The van der Waals surface area contributed by atoms with Crippen LogP contribution < -0.4 is 20.1 Å². The summed E-state index contributed by atoms with van der Waals surface area (Å²) in [4.78, 5) is 25.9. The first-order valence-corrected chi connectivity index (χ1v) is 14.0. The minimum atomic E-state index is -0.387. The molecule has 0 radical (unpaired) electrons. The summed E-state index contributed by atoms with van der Waals surface area (Å²) in [5, 5.41) is 7.71. The number of rotatable bonds is 5. The van der Waals surface area contributed by atoms with Gasteiger partial charge in [0.1, 0.15) is 23.4 Å². The van der Waals surface area contributed by atoms with Crippen molar-refractivity contribution in [1.29, 1.82) is 0 Å². The van der Waals surface area contributed by atoms with Crippen LogP contribution in [0.15, 0.2) is 36.4 Å². The molecule has 4 rings (SSSR count). The molecule has 2 heterocycles. The maximum absolute atomic E-state index is 11.5. The van der Waals surface area contributed by atoms with Crippen LogP contribution in [0.3, 0.4) is 0 Å². The first-order valence-electron chi connectivity index (χ1n) is 13.3. The molecule has 2 N–H and O–H groups in total. The van der Waals surface area contributed by atoms with E-state index in [-0.39, 0.29) is 11.7 Å². The highest BCUT2D eigenvalue weighted by molar-refractivity contribution is 6.32. The number of nitrogens with one attached hydrogen (secondary N) is 2. The lowest BCUT2D eigenvalue weighted by Gasteiger charge is -2.30. The van der Waals surface area contributed by atoms with Crippen LogP contribution in [0.25, 0.3) is 0 Å². The zero-order chi connectivity index (χ0) is 29.5. The average Bonchev–Trinajstić information content (AvgIpc) is 2.95. The van der Waals surface area contributed by atoms with Gasteiger partial charge in [-0.05, 0) is 56.7 Å². The summed E-state index contributed by atoms with van der Waals surface area (Å²) in [6, 6.07) is 10.8. The normalized spacial score (nSPS) is 15.5. The van der Waals surface area contributed by atoms with E-state index in [0.29, 0.717) is 21.4 Å². The van der Waals surface area contributed by atoms with E-state index in [4.69, 9.17) is 37.4 Å². The van der Waals surface area contributed by atoms with E-state index in [1.807, 2.05) is 32.9 Å². The van der Waals surface area contributed by atoms with Crippen molar-refractivity contribution in [3.8, 4) is 11.5 Å². The first kappa shape index (κ1) is 33.6. The number of carbonyl (C=O) groups excluding carboxylic acids is 2. The SMILES string of the molecule is CC(C)(C)OC(=O)N1CCNCC1.COc1cc(C=O)ccc1Cl.COc1cc(CN2CCNCC2)ccc1Cl. The molecule has 0 atom stereocenters. The second kappa shape index (κ2) is 17.3. The molecule has 2 aromatic rings. The number of hydrogen-bond acceptors (Lipinski definition) is 8. The highest BCUT2D eigenvalue weighted by Gasteiger charge is 2.22. The molecule has 0 saturated carbocycles. The van der Waals surface area contributed by atoms with Gasteiger partial charge >= 0.3 is 6.09 Å². The Balaban J connectivity index is 0.000000214. The zero-order valence-electron chi connectivity index (χ0n) is 24.1. The van der Waals surface area contributed by atoms with Crippen LogP contribution in [0.5, 0.6) is 11.5 Å². The molecule has 0 bridgehead atoms. The van der Waals surface area contributed by atoms with Gasteiger partial charge in [0.15, 0.2) is 0 Å². The Hall–Kier alpha value is -2.56. The fourth-order valence-electron chi connectivity index (χ4n) is 3.85. The lowest BCUT2D eigenvalue weighted by atomic mass is 10.2. The van der Waals surface area contributed by atoms with Crippen molar-refractivity contribution in [1.82, 2.24) is 20.4 Å². The van der Waals surface area contributed by atoms with E-state index in [1.165, 1.54) is 12.7 Å². The fourth-order valence-corrected chi connectivity index (χ4v) is 4.24. The lowest BCUT2D eigenvalue weighted by molar-refractivity contribution is 0.0229. The molecule has 2 aliphatic heterocycles. The maximum atomic E-state index is 11.5. The van der Waals surface area contributed by atoms with E-state index in [9.17, 15) is 9.59 Å². The molecule has 2 aliphatic rings. The fraction of sp³-hybridized carbons (Fsp3) is 0.517. The number of amides is 1. The standard InChI is InChI=1S/C12H17ClN2O.C9H18N2O2.C8H7ClO2/c1-16-12-8-10(2-3-11(12)13)9-15-6-4-14-5-7-15;1-9(2,3)13-8(12)11-6-4-10-5-7-11;1-11-8-4-6(5-10)2-3-7(8)9/h2-3,8,14H,4-7,9H2,1H3;10H,4-7H2,1-3H3;2-5H,1H3. The summed E-state index contributed by atoms with van der Waals surface area (Å²) in [7, 11) is 3.16. The number of halogens is 2. The van der Waals surface area contributed by atoms with Gasteiger partial charge < -0.3 is 29.7 Å². The molecule has 1 amide bonds. The molecule has 0 aliphatic carbocycles. The van der Waals surface area contributed by atoms with E-state index in [0.717, 1.165) is 70.9 Å². The second-order valence-corrected chi connectivity index (χ2v) is 11.0. The zero-order valence-corrected chi connectivity index (χ0v) is 25.6. The Kier molecular flexibility index (Phi) is 14.5. The third-order valence-electron chi connectivity index (χ3n) is 5.91. The second-order valence-electron chi connectivity index (χ2n) is 10.2. The topological polar surface area (TPSA) is 92.4 Å². The molecule has 0 spiro atoms. The number of ether oxygens (including phenoxy) is 3. The van der Waals surface area contributed by atoms with Crippen molar-refractivity contribution < 1.29 is 23.8 Å². The van der Waals surface area contributed by atoms with E-state index in [1.54, 1.807) is 30.2 Å². The Labute approximate surface area is 248 Å². The monoisotopic (exact) mass is 596 g/mol. The van der Waals surface area contributed by atoms with Crippen molar-refractivity contribution in [2.75, 3.05) is 66.6 Å². The van der Waals surface area contributed by atoms with Gasteiger partial charge in [0.2, 0.25) is 0 Å². The summed E-state index contributed by atoms with van der Waals surface area (Å²) in [5.41, 5.74) is 1.43. The molecule has 0 unspecified atom stereocenters. The molecule has 2 aromatic carbocycles. The highest BCUT2D eigenvalue weighted by atomic mass is 35.5. The van der Waals surface area contributed by atoms with Crippen LogP contribution in [-0.2, 0) is 11.3 Å². The van der Waals surface area contributed by atoms with Crippen molar-refractivity contribution in [2.45, 2.75) is 32.9 Å². The Morgan fingerprint density at radius 3 is 1.93 bits per heavy atom. The van der Waals surface area contributed by atoms with Gasteiger partial charge in [0.05, 0.1) is 24.3 Å². The summed E-state index contributed by atoms with van der Waals surface area (Å²) in [5.74, 6) is 1.28. The Morgan fingerprint density at radius 1 is 0.875 bits per heavy atom. The predicted molar refractivity (Wildman–Crippen MR) is 160 cm³/mol. The first-order chi connectivity index (χ1) is 19.1. The van der Waals surface area contributed by atoms with Crippen molar-refractivity contribution in [3.63, 3.8) is 0 Å². The quantitative estimate of drug-likeness (QED) is 0.478. The number of benzene rings is 2. The Morgan fingerprint density at radius 2 is 1.40 bits per heavy atom. The summed E-state index contributed by atoms with van der Waals surface area (Å²) in [6.45, 7) is 14.2. The number of methoxy groups -OCH3 is 2. The van der Waals surface area contributed by atoms with Gasteiger partial charge in [-0.15, -0.1) is 0 Å². The summed E-state index contributed by atoms with van der Waals surface area (Å²) in [6.07, 6.45) is 0.549. The van der Waals surface area contributed by atoms with Gasteiger partial charge in [-0.2, -0.15) is 0 Å². The Bertz CT molecular complexity index is 1070. The van der Waals surface area contributed by atoms with E-state index < -0.39 is 0 Å². The van der Waals surface area contributed by atoms with Gasteiger partial charge in [0, 0.05) is 64.5 Å². The molecule has 2 saturated heterocycles. The van der Waals surface area contributed by atoms with Crippen LogP contribution in [0.4, 0.5) is 4.79 Å². The predicted octanol–water partition coefficient (Wildman–Crippen LogP) is 4.74. The minimum absolute atomic E-state index is 0.200. The van der Waals surface area contributed by atoms with Gasteiger partial charge in [-0.3, -0.25) is 9.69 Å². The molecular formula is C29H42Cl2N4O5. The van der Waals surface area contributed by atoms with Crippen LogP contribution in [0.2, 0.25) is 10.0 Å². The van der Waals surface area contributed by atoms with Gasteiger partial charge in [-0.25, -0.2) is 4.79 Å². The van der Waals surface area contributed by atoms with E-state index in [2.05, 4.69) is 21.6 Å². The third-order valence-corrected chi connectivity index (χ3v) is 6.54. The molecule has 222 valence electrons. The van der Waals surface area contributed by atoms with Crippen LogP contribution in [0.1, 0.15) is 36.7 Å². The average molecular weight is 598 g/mol. The highest BCUT2D eigenvalue weighted by Crippen LogP contribution is 2.26. The van der Waals surface area contributed by atoms with Crippen molar-refractivity contribution >= 4 is 35.6 Å². The molecule has 11 heteroatoms. The largest absolute Gasteiger partial charge is 0.495 e. The van der Waals surface area contributed by atoms with Gasteiger partial charge in [0.25, 0.3) is 0 Å². The van der Waals surface area contributed by atoms with Crippen LogP contribution in [-0.4, -0.2) is 94.4 Å². The van der Waals surface area contributed by atoms with E-state index >= 15 is 0 Å². The summed E-state index contributed by atoms with van der Waals surface area (Å²) >= 11 is 11.7. The maximum Gasteiger partial charge on any atom is 0.410 e. The van der Waals surface area contributed by atoms with Crippen LogP contribution in [0, 0.1) is 0 Å². The number of nitrogens with zero attached hydrogens (tertiary/aromatic N) is 2. The number of hydrogen-bond donors (Lipinski definition) is 2. The lowest BCUT2D eigenvalue weighted by Crippen LogP contribution is -2.48. The summed E-state index contributed by atoms with van der Waals surface area (Å²) < 4.78 is 15.3. The number of piperazine rings is 2. The third kappa shape index (κ3) is 12.3. The molecule has 2 fully saturated rings. The molecule has 0 aromatic heterocycles. The van der Waals surface area contributed by atoms with Crippen LogP contribution >= 0.6 is 23.2 Å². The smallest absolute Gasteiger partial charge is 0.410 e. The number of aldehydes is 1. The van der Waals surface area contributed by atoms with Gasteiger partial charge in [-0.1, -0.05) is 29.3 Å². The minimum Gasteiger partial charge on any atom is -0.495 e. The molecule has 9 nitrogen and oxygen atoms in total. The molecule has 40 heavy (non-hydrogen) atoms. The molecular weight excluding hydrogens is 555 g/mol. The number of carbonyl (C=O) groups is 2. The van der Waals surface area contributed by atoms with Crippen molar-refractivity contribution in [3.05, 3.63) is 57.6 Å². The van der Waals surface area contributed by atoms with Crippen molar-refractivity contribution in [2.24, 2.45) is 0 Å².